The van der Waals surface area contributed by atoms with Crippen LogP contribution in [0.4, 0.5) is 0 Å². The van der Waals surface area contributed by atoms with Crippen molar-refractivity contribution in [2.24, 2.45) is 0 Å². The summed E-state index contributed by atoms with van der Waals surface area (Å²) in [4.78, 5) is 41.7. The molecule has 1 aromatic carbocycles. The maximum Gasteiger partial charge on any atom is 0.325 e. The first-order chi connectivity index (χ1) is 11.5. The van der Waals surface area contributed by atoms with E-state index in [0.29, 0.717) is 25.5 Å². The standard InChI is InChI=1S/C16H16BrN3O4/c17-11-3-1-10(2-4-11)13-9-24-6-5-20(13)15(22)8-12-7-14(21)19-16(23)18-12/h1-4,7,13H,5-6,8-9H2,(H2,18,19,21,23). The number of hydrogen-bond acceptors (Lipinski definition) is 4. The second-order valence-electron chi connectivity index (χ2n) is 5.52. The van der Waals surface area contributed by atoms with Crippen LogP contribution in [0.1, 0.15) is 17.3 Å². The molecule has 0 spiro atoms. The molecule has 0 saturated carbocycles. The number of H-pyrrole nitrogens is 2. The first-order valence-corrected chi connectivity index (χ1v) is 8.27. The molecule has 1 aliphatic heterocycles. The second-order valence-corrected chi connectivity index (χ2v) is 6.43. The van der Waals surface area contributed by atoms with Crippen LogP contribution in [0.2, 0.25) is 0 Å². The number of rotatable bonds is 3. The molecule has 1 unspecified atom stereocenters. The average molecular weight is 394 g/mol. The summed E-state index contributed by atoms with van der Waals surface area (Å²) in [6.07, 6.45) is -0.0355. The quantitative estimate of drug-likeness (QED) is 0.811. The minimum Gasteiger partial charge on any atom is -0.377 e. The number of nitrogens with zero attached hydrogens (tertiary/aromatic N) is 1. The van der Waals surface area contributed by atoms with E-state index in [1.54, 1.807) is 4.90 Å². The van der Waals surface area contributed by atoms with Crippen molar-refractivity contribution in [2.45, 2.75) is 12.5 Å². The van der Waals surface area contributed by atoms with Crippen molar-refractivity contribution < 1.29 is 9.53 Å². The maximum absolute atomic E-state index is 12.7. The number of nitrogens with one attached hydrogen (secondary N) is 2. The smallest absolute Gasteiger partial charge is 0.325 e. The van der Waals surface area contributed by atoms with E-state index < -0.39 is 11.2 Å². The summed E-state index contributed by atoms with van der Waals surface area (Å²) >= 11 is 3.39. The van der Waals surface area contributed by atoms with Crippen molar-refractivity contribution in [1.82, 2.24) is 14.9 Å². The normalized spacial score (nSPS) is 17.7. The molecule has 2 N–H and O–H groups in total. The fraction of sp³-hybridized carbons (Fsp3) is 0.312. The highest BCUT2D eigenvalue weighted by Crippen LogP contribution is 2.26. The van der Waals surface area contributed by atoms with Gasteiger partial charge in [-0.05, 0) is 17.7 Å². The predicted octanol–water partition coefficient (Wildman–Crippen LogP) is 0.968. The third-order valence-corrected chi connectivity index (χ3v) is 4.39. The molecule has 1 atom stereocenters. The van der Waals surface area contributed by atoms with Crippen molar-refractivity contribution in [2.75, 3.05) is 19.8 Å². The van der Waals surface area contributed by atoms with Gasteiger partial charge in [0.1, 0.15) is 0 Å². The Hall–Kier alpha value is -2.19. The number of halogens is 1. The maximum atomic E-state index is 12.7. The SMILES string of the molecule is O=C(Cc1cc(=O)[nH]c(=O)[nH]1)N1CCOCC1c1ccc(Br)cc1. The van der Waals surface area contributed by atoms with Crippen LogP contribution in [0.15, 0.2) is 44.4 Å². The molecule has 3 rings (SSSR count). The number of hydrogen-bond donors (Lipinski definition) is 2. The number of amides is 1. The summed E-state index contributed by atoms with van der Waals surface area (Å²) in [5, 5.41) is 0. The van der Waals surface area contributed by atoms with Gasteiger partial charge in [-0.15, -0.1) is 0 Å². The van der Waals surface area contributed by atoms with Crippen LogP contribution in [0, 0.1) is 0 Å². The van der Waals surface area contributed by atoms with Gasteiger partial charge in [-0.3, -0.25) is 14.6 Å². The van der Waals surface area contributed by atoms with E-state index in [9.17, 15) is 14.4 Å². The molecule has 1 amide bonds. The summed E-state index contributed by atoms with van der Waals surface area (Å²) in [6.45, 7) is 1.34. The van der Waals surface area contributed by atoms with Crippen LogP contribution in [0.3, 0.4) is 0 Å². The van der Waals surface area contributed by atoms with Gasteiger partial charge in [-0.1, -0.05) is 28.1 Å². The molecular formula is C16H16BrN3O4. The molecule has 0 aliphatic carbocycles. The monoisotopic (exact) mass is 393 g/mol. The Labute approximate surface area is 145 Å². The molecule has 2 heterocycles. The van der Waals surface area contributed by atoms with Gasteiger partial charge in [0.05, 0.1) is 25.7 Å². The van der Waals surface area contributed by atoms with Crippen molar-refractivity contribution >= 4 is 21.8 Å². The van der Waals surface area contributed by atoms with Gasteiger partial charge in [0.2, 0.25) is 5.91 Å². The number of ether oxygens (including phenoxy) is 1. The summed E-state index contributed by atoms with van der Waals surface area (Å²) < 4.78 is 6.48. The molecule has 1 aromatic heterocycles. The molecule has 0 bridgehead atoms. The van der Waals surface area contributed by atoms with Gasteiger partial charge in [0.15, 0.2) is 0 Å². The van der Waals surface area contributed by atoms with Crippen LogP contribution < -0.4 is 11.2 Å². The highest BCUT2D eigenvalue weighted by atomic mass is 79.9. The van der Waals surface area contributed by atoms with E-state index >= 15 is 0 Å². The molecular weight excluding hydrogens is 378 g/mol. The Morgan fingerprint density at radius 1 is 1.25 bits per heavy atom. The third-order valence-electron chi connectivity index (χ3n) is 3.86. The lowest BCUT2D eigenvalue weighted by atomic mass is 10.0. The first kappa shape index (κ1) is 16.7. The minimum absolute atomic E-state index is 0.0355. The molecule has 7 nitrogen and oxygen atoms in total. The summed E-state index contributed by atoms with van der Waals surface area (Å²) in [7, 11) is 0. The van der Waals surface area contributed by atoms with E-state index in [1.165, 1.54) is 6.07 Å². The topological polar surface area (TPSA) is 95.3 Å². The Kier molecular flexibility index (Phi) is 4.96. The van der Waals surface area contributed by atoms with Gasteiger partial charge in [-0.25, -0.2) is 4.79 Å². The Morgan fingerprint density at radius 3 is 2.71 bits per heavy atom. The Morgan fingerprint density at radius 2 is 2.00 bits per heavy atom. The summed E-state index contributed by atoms with van der Waals surface area (Å²) in [6, 6.07) is 8.77. The molecule has 8 heteroatoms. The number of benzene rings is 1. The first-order valence-electron chi connectivity index (χ1n) is 7.48. The van der Waals surface area contributed by atoms with Gasteiger partial charge in [0.25, 0.3) is 5.56 Å². The minimum atomic E-state index is -0.614. The van der Waals surface area contributed by atoms with Crippen molar-refractivity contribution in [3.05, 3.63) is 66.9 Å². The lowest BCUT2D eigenvalue weighted by Crippen LogP contribution is -2.44. The molecule has 1 fully saturated rings. The summed E-state index contributed by atoms with van der Waals surface area (Å²) in [5.74, 6) is -0.160. The third kappa shape index (κ3) is 3.82. The van der Waals surface area contributed by atoms with Gasteiger partial charge < -0.3 is 14.6 Å². The van der Waals surface area contributed by atoms with Gasteiger partial charge in [-0.2, -0.15) is 0 Å². The molecule has 2 aromatic rings. The van der Waals surface area contributed by atoms with Crippen LogP contribution in [0.25, 0.3) is 0 Å². The van der Waals surface area contributed by atoms with E-state index in [1.807, 2.05) is 24.3 Å². The second kappa shape index (κ2) is 7.14. The van der Waals surface area contributed by atoms with E-state index in [2.05, 4.69) is 25.9 Å². The van der Waals surface area contributed by atoms with Crippen LogP contribution in [-0.4, -0.2) is 40.5 Å². The largest absolute Gasteiger partial charge is 0.377 e. The van der Waals surface area contributed by atoms with E-state index in [0.717, 1.165) is 10.0 Å². The molecule has 24 heavy (non-hydrogen) atoms. The number of morpholine rings is 1. The number of carbonyl (C=O) groups is 1. The molecule has 1 aliphatic rings. The van der Waals surface area contributed by atoms with Gasteiger partial charge in [0, 0.05) is 22.8 Å². The molecule has 126 valence electrons. The zero-order valence-electron chi connectivity index (χ0n) is 12.8. The van der Waals surface area contributed by atoms with Crippen LogP contribution in [0.5, 0.6) is 0 Å². The highest BCUT2D eigenvalue weighted by Gasteiger charge is 2.28. The lowest BCUT2D eigenvalue weighted by molar-refractivity contribution is -0.139. The average Bonchev–Trinajstić information content (AvgIpc) is 2.54. The van der Waals surface area contributed by atoms with Crippen molar-refractivity contribution in [1.29, 1.82) is 0 Å². The number of carbonyl (C=O) groups excluding carboxylic acids is 1. The number of aromatic nitrogens is 2. The van der Waals surface area contributed by atoms with Crippen molar-refractivity contribution in [3.63, 3.8) is 0 Å². The Balaban J connectivity index is 1.81. The fourth-order valence-electron chi connectivity index (χ4n) is 2.74. The highest BCUT2D eigenvalue weighted by molar-refractivity contribution is 9.10. The number of aromatic amines is 2. The van der Waals surface area contributed by atoms with E-state index in [-0.39, 0.29) is 18.4 Å². The van der Waals surface area contributed by atoms with Crippen LogP contribution >= 0.6 is 15.9 Å². The van der Waals surface area contributed by atoms with Crippen LogP contribution in [-0.2, 0) is 16.0 Å². The van der Waals surface area contributed by atoms with E-state index in [4.69, 9.17) is 4.74 Å². The molecule has 0 radical (unpaired) electrons. The van der Waals surface area contributed by atoms with Crippen molar-refractivity contribution in [3.8, 4) is 0 Å². The predicted molar refractivity (Wildman–Crippen MR) is 90.8 cm³/mol. The van der Waals surface area contributed by atoms with Gasteiger partial charge >= 0.3 is 5.69 Å². The molecule has 1 saturated heterocycles. The lowest BCUT2D eigenvalue weighted by Gasteiger charge is -2.36. The zero-order chi connectivity index (χ0) is 17.1. The Bertz CT molecular complexity index is 815. The fourth-order valence-corrected chi connectivity index (χ4v) is 3.01. The zero-order valence-corrected chi connectivity index (χ0v) is 14.3. The summed E-state index contributed by atoms with van der Waals surface area (Å²) in [5.41, 5.74) is 0.144.